The van der Waals surface area contributed by atoms with Gasteiger partial charge >= 0.3 is 0 Å². The fraction of sp³-hybridized carbons (Fsp3) is 0.222. The zero-order valence-electron chi connectivity index (χ0n) is 6.76. The molecule has 0 atom stereocenters. The van der Waals surface area contributed by atoms with Crippen LogP contribution in [0.15, 0.2) is 27.7 Å². The van der Waals surface area contributed by atoms with Gasteiger partial charge in [-0.15, -0.1) is 0 Å². The lowest BCUT2D eigenvalue weighted by molar-refractivity contribution is 0.348. The fourth-order valence-electron chi connectivity index (χ4n) is 1.14. The second-order valence-corrected chi connectivity index (χ2v) is 3.93. The van der Waals surface area contributed by atoms with Crippen LogP contribution in [0.1, 0.15) is 5.56 Å². The SMILES string of the molecule is Clc1ccc(C2=NCCO2)cc1Br. The highest BCUT2D eigenvalue weighted by atomic mass is 79.9. The molecule has 0 saturated carbocycles. The van der Waals surface area contributed by atoms with Gasteiger partial charge in [-0.05, 0) is 34.1 Å². The van der Waals surface area contributed by atoms with Crippen LogP contribution in [0.25, 0.3) is 0 Å². The summed E-state index contributed by atoms with van der Waals surface area (Å²) in [5.74, 6) is 0.706. The molecule has 1 aliphatic heterocycles. The third-order valence-corrected chi connectivity index (χ3v) is 2.97. The number of ether oxygens (including phenoxy) is 1. The molecule has 4 heteroatoms. The molecule has 1 aromatic rings. The molecule has 0 spiro atoms. The van der Waals surface area contributed by atoms with Crippen LogP contribution >= 0.6 is 27.5 Å². The lowest BCUT2D eigenvalue weighted by atomic mass is 10.2. The van der Waals surface area contributed by atoms with Gasteiger partial charge in [-0.2, -0.15) is 0 Å². The van der Waals surface area contributed by atoms with E-state index in [9.17, 15) is 0 Å². The molecule has 1 aromatic carbocycles. The monoisotopic (exact) mass is 259 g/mol. The number of benzene rings is 1. The molecule has 0 bridgehead atoms. The standard InChI is InChI=1S/C9H7BrClNO/c10-7-5-6(1-2-8(7)11)9-12-3-4-13-9/h1-2,5H,3-4H2. The molecule has 0 unspecified atom stereocenters. The topological polar surface area (TPSA) is 21.6 Å². The molecule has 2 rings (SSSR count). The third kappa shape index (κ3) is 1.86. The summed E-state index contributed by atoms with van der Waals surface area (Å²) in [6, 6.07) is 5.63. The Morgan fingerprint density at radius 3 is 2.92 bits per heavy atom. The van der Waals surface area contributed by atoms with Crippen LogP contribution in [0.4, 0.5) is 0 Å². The van der Waals surface area contributed by atoms with Crippen molar-refractivity contribution in [2.24, 2.45) is 4.99 Å². The number of aliphatic imine (C=N–C) groups is 1. The van der Waals surface area contributed by atoms with E-state index in [1.54, 1.807) is 0 Å². The van der Waals surface area contributed by atoms with E-state index in [2.05, 4.69) is 20.9 Å². The lowest BCUT2D eigenvalue weighted by Gasteiger charge is -2.02. The van der Waals surface area contributed by atoms with Gasteiger partial charge in [0, 0.05) is 10.0 Å². The summed E-state index contributed by atoms with van der Waals surface area (Å²) in [7, 11) is 0. The van der Waals surface area contributed by atoms with Crippen molar-refractivity contribution in [3.05, 3.63) is 33.3 Å². The number of nitrogens with zero attached hydrogens (tertiary/aromatic N) is 1. The van der Waals surface area contributed by atoms with Gasteiger partial charge < -0.3 is 4.74 Å². The van der Waals surface area contributed by atoms with E-state index in [0.717, 1.165) is 16.6 Å². The van der Waals surface area contributed by atoms with Gasteiger partial charge in [-0.1, -0.05) is 11.6 Å². The van der Waals surface area contributed by atoms with Crippen LogP contribution < -0.4 is 0 Å². The van der Waals surface area contributed by atoms with Crippen molar-refractivity contribution in [2.45, 2.75) is 0 Å². The summed E-state index contributed by atoms with van der Waals surface area (Å²) in [6.07, 6.45) is 0. The Morgan fingerprint density at radius 1 is 1.46 bits per heavy atom. The Bertz CT molecular complexity index is 365. The van der Waals surface area contributed by atoms with E-state index in [4.69, 9.17) is 16.3 Å². The first-order chi connectivity index (χ1) is 6.27. The summed E-state index contributed by atoms with van der Waals surface area (Å²) in [4.78, 5) is 4.21. The molecular weight excluding hydrogens is 253 g/mol. The number of rotatable bonds is 1. The first kappa shape index (κ1) is 9.03. The molecular formula is C9H7BrClNO. The lowest BCUT2D eigenvalue weighted by Crippen LogP contribution is -2.00. The van der Waals surface area contributed by atoms with Gasteiger partial charge in [0.25, 0.3) is 0 Å². The maximum absolute atomic E-state index is 5.86. The van der Waals surface area contributed by atoms with Crippen molar-refractivity contribution in [1.29, 1.82) is 0 Å². The Kier molecular flexibility index (Phi) is 2.56. The summed E-state index contributed by atoms with van der Waals surface area (Å²) < 4.78 is 6.19. The van der Waals surface area contributed by atoms with E-state index >= 15 is 0 Å². The van der Waals surface area contributed by atoms with Crippen molar-refractivity contribution >= 4 is 33.4 Å². The van der Waals surface area contributed by atoms with Gasteiger partial charge in [0.1, 0.15) is 6.61 Å². The molecule has 13 heavy (non-hydrogen) atoms. The summed E-state index contributed by atoms with van der Waals surface area (Å²) >= 11 is 9.21. The van der Waals surface area contributed by atoms with Crippen molar-refractivity contribution in [1.82, 2.24) is 0 Å². The van der Waals surface area contributed by atoms with E-state index in [1.807, 2.05) is 18.2 Å². The molecule has 0 aliphatic carbocycles. The minimum absolute atomic E-state index is 0.676. The maximum atomic E-state index is 5.86. The third-order valence-electron chi connectivity index (χ3n) is 1.75. The minimum Gasteiger partial charge on any atom is -0.476 e. The number of hydrogen-bond acceptors (Lipinski definition) is 2. The van der Waals surface area contributed by atoms with Crippen molar-refractivity contribution in [2.75, 3.05) is 13.2 Å². The second kappa shape index (κ2) is 3.68. The van der Waals surface area contributed by atoms with Crippen molar-refractivity contribution < 1.29 is 4.74 Å². The molecule has 0 radical (unpaired) electrons. The van der Waals surface area contributed by atoms with E-state index in [0.29, 0.717) is 17.5 Å². The first-order valence-electron chi connectivity index (χ1n) is 3.90. The zero-order chi connectivity index (χ0) is 9.26. The highest BCUT2D eigenvalue weighted by molar-refractivity contribution is 9.10. The predicted octanol–water partition coefficient (Wildman–Crippen LogP) is 2.88. The highest BCUT2D eigenvalue weighted by Crippen LogP contribution is 2.24. The molecule has 0 amide bonds. The van der Waals surface area contributed by atoms with Gasteiger partial charge in [0.15, 0.2) is 0 Å². The Balaban J connectivity index is 2.36. The van der Waals surface area contributed by atoms with E-state index in [-0.39, 0.29) is 0 Å². The first-order valence-corrected chi connectivity index (χ1v) is 5.07. The normalized spacial score (nSPS) is 15.4. The van der Waals surface area contributed by atoms with Gasteiger partial charge in [0.05, 0.1) is 11.6 Å². The van der Waals surface area contributed by atoms with E-state index < -0.39 is 0 Å². The molecule has 0 fully saturated rings. The Morgan fingerprint density at radius 2 is 2.31 bits per heavy atom. The maximum Gasteiger partial charge on any atom is 0.216 e. The second-order valence-electron chi connectivity index (χ2n) is 2.66. The van der Waals surface area contributed by atoms with Gasteiger partial charge in [0.2, 0.25) is 5.90 Å². The fourth-order valence-corrected chi connectivity index (χ4v) is 1.64. The number of halogens is 2. The average molecular weight is 261 g/mol. The van der Waals surface area contributed by atoms with Gasteiger partial charge in [-0.25, -0.2) is 4.99 Å². The van der Waals surface area contributed by atoms with Crippen LogP contribution in [0.2, 0.25) is 5.02 Å². The van der Waals surface area contributed by atoms with Gasteiger partial charge in [-0.3, -0.25) is 0 Å². The minimum atomic E-state index is 0.676. The number of hydrogen-bond donors (Lipinski definition) is 0. The van der Waals surface area contributed by atoms with Crippen molar-refractivity contribution in [3.8, 4) is 0 Å². The molecule has 1 aliphatic rings. The largest absolute Gasteiger partial charge is 0.476 e. The molecule has 0 N–H and O–H groups in total. The Labute approximate surface area is 89.7 Å². The zero-order valence-corrected chi connectivity index (χ0v) is 9.10. The molecule has 0 saturated heterocycles. The summed E-state index contributed by atoms with van der Waals surface area (Å²) in [6.45, 7) is 1.42. The van der Waals surface area contributed by atoms with Crippen LogP contribution in [0.5, 0.6) is 0 Å². The molecule has 2 nitrogen and oxygen atoms in total. The smallest absolute Gasteiger partial charge is 0.216 e. The molecule has 0 aromatic heterocycles. The molecule has 68 valence electrons. The summed E-state index contributed by atoms with van der Waals surface area (Å²) in [5.41, 5.74) is 0.966. The van der Waals surface area contributed by atoms with Crippen LogP contribution in [-0.4, -0.2) is 19.0 Å². The highest BCUT2D eigenvalue weighted by Gasteiger charge is 2.10. The van der Waals surface area contributed by atoms with Crippen LogP contribution in [0, 0.1) is 0 Å². The predicted molar refractivity (Wildman–Crippen MR) is 56.5 cm³/mol. The Hall–Kier alpha value is -0.540. The van der Waals surface area contributed by atoms with E-state index in [1.165, 1.54) is 0 Å². The summed E-state index contributed by atoms with van der Waals surface area (Å²) in [5, 5.41) is 0.697. The quantitative estimate of drug-likeness (QED) is 0.761. The van der Waals surface area contributed by atoms with Crippen molar-refractivity contribution in [3.63, 3.8) is 0 Å². The van der Waals surface area contributed by atoms with Crippen LogP contribution in [-0.2, 0) is 4.74 Å². The molecule has 1 heterocycles. The average Bonchev–Trinajstić information content (AvgIpc) is 2.62. The van der Waals surface area contributed by atoms with Crippen LogP contribution in [0.3, 0.4) is 0 Å².